The molecule has 0 saturated heterocycles. The lowest BCUT2D eigenvalue weighted by molar-refractivity contribution is 0.0697. The lowest BCUT2D eigenvalue weighted by Crippen LogP contribution is -2.21. The number of nitrogens with one attached hydrogen (secondary N) is 1. The van der Waals surface area contributed by atoms with Gasteiger partial charge in [0.15, 0.2) is 0 Å². The predicted octanol–water partition coefficient (Wildman–Crippen LogP) is 4.62. The van der Waals surface area contributed by atoms with Gasteiger partial charge in [-0.15, -0.1) is 0 Å². The molecule has 0 bridgehead atoms. The largest absolute Gasteiger partial charge is 0.478 e. The van der Waals surface area contributed by atoms with E-state index in [0.717, 1.165) is 31.4 Å². The lowest BCUT2D eigenvalue weighted by Gasteiger charge is -2.21. The van der Waals surface area contributed by atoms with Crippen LogP contribution < -0.4 is 9.62 Å². The van der Waals surface area contributed by atoms with Gasteiger partial charge in [-0.1, -0.05) is 39.3 Å². The molecule has 0 aliphatic carbocycles. The van der Waals surface area contributed by atoms with Crippen molar-refractivity contribution in [2.45, 2.75) is 44.9 Å². The van der Waals surface area contributed by atoms with Crippen molar-refractivity contribution in [3.63, 3.8) is 0 Å². The molecule has 2 rings (SSSR count). The number of carboxylic acids is 1. The minimum atomic E-state index is -3.80. The van der Waals surface area contributed by atoms with Crippen LogP contribution in [0.2, 0.25) is 0 Å². The molecule has 0 radical (unpaired) electrons. The number of benzene rings is 2. The van der Waals surface area contributed by atoms with E-state index in [4.69, 9.17) is 0 Å². The highest BCUT2D eigenvalue weighted by Gasteiger charge is 2.18. The molecule has 29 heavy (non-hydrogen) atoms. The zero-order valence-corrected chi connectivity index (χ0v) is 18.3. The Morgan fingerprint density at radius 2 is 1.79 bits per heavy atom. The van der Waals surface area contributed by atoms with E-state index in [-0.39, 0.29) is 16.1 Å². The van der Waals surface area contributed by atoms with Crippen molar-refractivity contribution in [2.24, 2.45) is 5.92 Å². The Balaban J connectivity index is 2.26. The van der Waals surface area contributed by atoms with E-state index in [1.165, 1.54) is 6.07 Å². The Morgan fingerprint density at radius 3 is 2.34 bits per heavy atom. The second kappa shape index (κ2) is 9.78. The molecule has 0 saturated carbocycles. The maximum absolute atomic E-state index is 12.7. The van der Waals surface area contributed by atoms with Gasteiger partial charge in [-0.3, -0.25) is 4.72 Å². The molecule has 0 unspecified atom stereocenters. The van der Waals surface area contributed by atoms with Crippen molar-refractivity contribution < 1.29 is 18.3 Å². The number of sulfonamides is 1. The van der Waals surface area contributed by atoms with E-state index in [2.05, 4.69) is 25.5 Å². The Morgan fingerprint density at radius 1 is 1.14 bits per heavy atom. The number of hydrogen-bond acceptors (Lipinski definition) is 4. The van der Waals surface area contributed by atoms with Gasteiger partial charge in [-0.2, -0.15) is 0 Å². The second-order valence-electron chi connectivity index (χ2n) is 7.66. The Kier molecular flexibility index (Phi) is 7.67. The van der Waals surface area contributed by atoms with Crippen LogP contribution in [-0.2, 0) is 16.4 Å². The molecule has 2 aromatic rings. The van der Waals surface area contributed by atoms with Crippen LogP contribution in [0.3, 0.4) is 0 Å². The van der Waals surface area contributed by atoms with Gasteiger partial charge >= 0.3 is 5.97 Å². The Bertz CT molecular complexity index is 938. The van der Waals surface area contributed by atoms with Gasteiger partial charge in [0.2, 0.25) is 0 Å². The smallest absolute Gasteiger partial charge is 0.337 e. The van der Waals surface area contributed by atoms with Gasteiger partial charge in [0.1, 0.15) is 0 Å². The van der Waals surface area contributed by atoms with E-state index < -0.39 is 16.0 Å². The van der Waals surface area contributed by atoms with Gasteiger partial charge in [-0.05, 0) is 54.7 Å². The number of anilines is 2. The number of carbonyl (C=O) groups is 1. The van der Waals surface area contributed by atoms with Crippen molar-refractivity contribution in [1.82, 2.24) is 0 Å². The molecule has 2 aromatic carbocycles. The first kappa shape index (κ1) is 22.7. The molecule has 0 aliphatic heterocycles. The summed E-state index contributed by atoms with van der Waals surface area (Å²) in [6.45, 7) is 7.01. The summed E-state index contributed by atoms with van der Waals surface area (Å²) < 4.78 is 27.9. The van der Waals surface area contributed by atoms with Gasteiger partial charge in [-0.25, -0.2) is 13.2 Å². The first-order valence-corrected chi connectivity index (χ1v) is 11.3. The highest BCUT2D eigenvalue weighted by Crippen LogP contribution is 2.26. The topological polar surface area (TPSA) is 86.7 Å². The standard InChI is InChI=1S/C22H30N2O4S/c1-5-6-13-24(4)21-12-9-18(15-20(21)22(25)26)23-29(27,28)19-10-7-17(8-11-19)14-16(2)3/h7-12,15-16,23H,5-6,13-14H2,1-4H3,(H,25,26). The summed E-state index contributed by atoms with van der Waals surface area (Å²) in [6, 6.07) is 11.4. The summed E-state index contributed by atoms with van der Waals surface area (Å²) in [4.78, 5) is 13.7. The number of unbranched alkanes of at least 4 members (excludes halogenated alkanes) is 1. The van der Waals surface area contributed by atoms with Gasteiger partial charge in [0.05, 0.1) is 16.1 Å². The van der Waals surface area contributed by atoms with Gasteiger partial charge in [0.25, 0.3) is 10.0 Å². The quantitative estimate of drug-likeness (QED) is 0.588. The highest BCUT2D eigenvalue weighted by atomic mass is 32.2. The number of nitrogens with zero attached hydrogens (tertiary/aromatic N) is 1. The summed E-state index contributed by atoms with van der Waals surface area (Å²) in [7, 11) is -1.97. The fourth-order valence-electron chi connectivity index (χ4n) is 3.11. The molecule has 2 N–H and O–H groups in total. The van der Waals surface area contributed by atoms with Crippen LogP contribution in [0, 0.1) is 5.92 Å². The van der Waals surface area contributed by atoms with E-state index in [1.807, 2.05) is 24.1 Å². The van der Waals surface area contributed by atoms with Crippen LogP contribution in [0.1, 0.15) is 49.5 Å². The SMILES string of the molecule is CCCCN(C)c1ccc(NS(=O)(=O)c2ccc(CC(C)C)cc2)cc1C(=O)O. The van der Waals surface area contributed by atoms with Crippen LogP contribution in [0.4, 0.5) is 11.4 Å². The van der Waals surface area contributed by atoms with Gasteiger partial charge in [0, 0.05) is 19.3 Å². The van der Waals surface area contributed by atoms with Crippen molar-refractivity contribution in [3.8, 4) is 0 Å². The molecule has 0 aromatic heterocycles. The Labute approximate surface area is 173 Å². The number of aromatic carboxylic acids is 1. The summed E-state index contributed by atoms with van der Waals surface area (Å²) in [5, 5.41) is 9.58. The molecule has 0 spiro atoms. The first-order chi connectivity index (χ1) is 13.6. The fraction of sp³-hybridized carbons (Fsp3) is 0.409. The molecule has 6 nitrogen and oxygen atoms in total. The summed E-state index contributed by atoms with van der Waals surface area (Å²) >= 11 is 0. The minimum Gasteiger partial charge on any atom is -0.478 e. The molecule has 0 amide bonds. The molecular weight excluding hydrogens is 388 g/mol. The van der Waals surface area contributed by atoms with Crippen LogP contribution in [0.5, 0.6) is 0 Å². The zero-order chi connectivity index (χ0) is 21.6. The highest BCUT2D eigenvalue weighted by molar-refractivity contribution is 7.92. The molecular formula is C22H30N2O4S. The van der Waals surface area contributed by atoms with Crippen LogP contribution in [0.15, 0.2) is 47.4 Å². The van der Waals surface area contributed by atoms with Crippen LogP contribution in [-0.4, -0.2) is 33.1 Å². The first-order valence-electron chi connectivity index (χ1n) is 9.84. The molecule has 0 aliphatic rings. The predicted molar refractivity (Wildman–Crippen MR) is 117 cm³/mol. The number of carboxylic acid groups (broad SMARTS) is 1. The molecule has 0 heterocycles. The molecule has 158 valence electrons. The lowest BCUT2D eigenvalue weighted by atomic mass is 10.0. The average Bonchev–Trinajstić information content (AvgIpc) is 2.65. The average molecular weight is 419 g/mol. The van der Waals surface area contributed by atoms with Gasteiger partial charge < -0.3 is 10.0 Å². The van der Waals surface area contributed by atoms with Crippen LogP contribution >= 0.6 is 0 Å². The van der Waals surface area contributed by atoms with E-state index >= 15 is 0 Å². The minimum absolute atomic E-state index is 0.0658. The van der Waals surface area contributed by atoms with Crippen molar-refractivity contribution in [3.05, 3.63) is 53.6 Å². The third-order valence-corrected chi connectivity index (χ3v) is 6.01. The zero-order valence-electron chi connectivity index (χ0n) is 17.5. The summed E-state index contributed by atoms with van der Waals surface area (Å²) in [5.41, 5.74) is 1.93. The third kappa shape index (κ3) is 6.22. The molecule has 0 fully saturated rings. The normalized spacial score (nSPS) is 11.5. The fourth-order valence-corrected chi connectivity index (χ4v) is 4.16. The van der Waals surface area contributed by atoms with E-state index in [1.54, 1.807) is 24.3 Å². The summed E-state index contributed by atoms with van der Waals surface area (Å²) in [6.07, 6.45) is 2.82. The third-order valence-electron chi connectivity index (χ3n) is 4.62. The summed E-state index contributed by atoms with van der Waals surface area (Å²) in [5.74, 6) is -0.610. The van der Waals surface area contributed by atoms with Crippen molar-refractivity contribution in [1.29, 1.82) is 0 Å². The second-order valence-corrected chi connectivity index (χ2v) is 9.34. The van der Waals surface area contributed by atoms with Crippen LogP contribution in [0.25, 0.3) is 0 Å². The Hall–Kier alpha value is -2.54. The number of hydrogen-bond donors (Lipinski definition) is 2. The van der Waals surface area contributed by atoms with E-state index in [9.17, 15) is 18.3 Å². The molecule has 0 atom stereocenters. The maximum atomic E-state index is 12.7. The van der Waals surface area contributed by atoms with Crippen molar-refractivity contribution in [2.75, 3.05) is 23.2 Å². The monoisotopic (exact) mass is 418 g/mol. The number of rotatable bonds is 10. The van der Waals surface area contributed by atoms with E-state index in [0.29, 0.717) is 11.6 Å². The van der Waals surface area contributed by atoms with Crippen molar-refractivity contribution >= 4 is 27.4 Å². The maximum Gasteiger partial charge on any atom is 0.337 e. The molecule has 7 heteroatoms.